The van der Waals surface area contributed by atoms with Crippen LogP contribution in [0.25, 0.3) is 0 Å². The molecule has 1 fully saturated rings. The minimum atomic E-state index is 0.283. The molecule has 0 aliphatic carbocycles. The Balaban J connectivity index is 2.29. The average Bonchev–Trinajstić information content (AvgIpc) is 2.29. The Hall–Kier alpha value is -0.830. The van der Waals surface area contributed by atoms with Crippen molar-refractivity contribution < 1.29 is 4.79 Å². The van der Waals surface area contributed by atoms with Crippen molar-refractivity contribution in [2.24, 2.45) is 0 Å². The zero-order chi connectivity index (χ0) is 11.3. The third-order valence-corrected chi connectivity index (χ3v) is 3.00. The minimum Gasteiger partial charge on any atom is -0.343 e. The molecule has 0 aromatic rings. The molecule has 3 nitrogen and oxygen atoms in total. The van der Waals surface area contributed by atoms with Gasteiger partial charge in [0.1, 0.15) is 0 Å². The maximum atomic E-state index is 11.4. The summed E-state index contributed by atoms with van der Waals surface area (Å²) < 4.78 is 0. The van der Waals surface area contributed by atoms with Gasteiger partial charge in [0.2, 0.25) is 5.91 Å². The van der Waals surface area contributed by atoms with Crippen LogP contribution in [0.5, 0.6) is 0 Å². The molecule has 0 radical (unpaired) electrons. The van der Waals surface area contributed by atoms with Gasteiger partial charge in [-0.2, -0.15) is 0 Å². The molecule has 1 atom stereocenters. The summed E-state index contributed by atoms with van der Waals surface area (Å²) in [6.07, 6.45) is 4.67. The van der Waals surface area contributed by atoms with E-state index in [2.05, 4.69) is 18.8 Å². The molecule has 0 aromatic carbocycles. The van der Waals surface area contributed by atoms with Gasteiger partial charge in [-0.25, -0.2) is 0 Å². The number of rotatable bonds is 4. The summed E-state index contributed by atoms with van der Waals surface area (Å²) in [4.78, 5) is 13.4. The molecule has 1 saturated heterocycles. The van der Waals surface area contributed by atoms with Crippen LogP contribution in [0.15, 0.2) is 12.7 Å². The first kappa shape index (κ1) is 12.2. The number of likely N-dealkylation sites (tertiary alicyclic amines) is 1. The maximum absolute atomic E-state index is 11.4. The monoisotopic (exact) mass is 210 g/mol. The van der Waals surface area contributed by atoms with Gasteiger partial charge < -0.3 is 10.2 Å². The first-order valence-corrected chi connectivity index (χ1v) is 5.83. The Morgan fingerprint density at radius 1 is 1.60 bits per heavy atom. The first-order chi connectivity index (χ1) is 7.17. The molecule has 1 amide bonds. The molecule has 3 heteroatoms. The fourth-order valence-corrected chi connectivity index (χ4v) is 1.96. The predicted octanol–water partition coefficient (Wildman–Crippen LogP) is 1.55. The predicted molar refractivity (Wildman–Crippen MR) is 62.7 cm³/mol. The highest BCUT2D eigenvalue weighted by Crippen LogP contribution is 2.12. The van der Waals surface area contributed by atoms with E-state index in [9.17, 15) is 4.79 Å². The Labute approximate surface area is 92.5 Å². The van der Waals surface area contributed by atoms with Gasteiger partial charge in [0, 0.05) is 31.6 Å². The topological polar surface area (TPSA) is 32.3 Å². The van der Waals surface area contributed by atoms with Crippen molar-refractivity contribution in [3.63, 3.8) is 0 Å². The Kier molecular flexibility index (Phi) is 4.82. The third kappa shape index (κ3) is 3.67. The van der Waals surface area contributed by atoms with E-state index in [-0.39, 0.29) is 5.91 Å². The van der Waals surface area contributed by atoms with Gasteiger partial charge in [0.15, 0.2) is 0 Å². The fourth-order valence-electron chi connectivity index (χ4n) is 1.96. The Bertz CT molecular complexity index is 220. The second-order valence-electron chi connectivity index (χ2n) is 4.20. The molecule has 1 N–H and O–H groups in total. The smallest absolute Gasteiger partial charge is 0.222 e. The molecule has 15 heavy (non-hydrogen) atoms. The van der Waals surface area contributed by atoms with E-state index in [1.54, 1.807) is 0 Å². The zero-order valence-corrected chi connectivity index (χ0v) is 9.83. The second kappa shape index (κ2) is 5.91. The van der Waals surface area contributed by atoms with E-state index in [4.69, 9.17) is 0 Å². The van der Waals surface area contributed by atoms with E-state index in [0.717, 1.165) is 25.9 Å². The quantitative estimate of drug-likeness (QED) is 0.714. The van der Waals surface area contributed by atoms with Crippen molar-refractivity contribution in [3.8, 4) is 0 Å². The molecule has 0 aromatic heterocycles. The molecule has 0 spiro atoms. The van der Waals surface area contributed by atoms with Gasteiger partial charge >= 0.3 is 0 Å². The van der Waals surface area contributed by atoms with Crippen LogP contribution in [0.2, 0.25) is 0 Å². The lowest BCUT2D eigenvalue weighted by Gasteiger charge is -2.33. The molecule has 1 aliphatic rings. The summed E-state index contributed by atoms with van der Waals surface area (Å²) in [5, 5.41) is 3.49. The van der Waals surface area contributed by atoms with Crippen molar-refractivity contribution in [2.45, 2.75) is 45.2 Å². The van der Waals surface area contributed by atoms with Crippen molar-refractivity contribution in [2.75, 3.05) is 13.1 Å². The molecule has 86 valence electrons. The fraction of sp³-hybridized carbons (Fsp3) is 0.750. The first-order valence-electron chi connectivity index (χ1n) is 5.83. The summed E-state index contributed by atoms with van der Waals surface area (Å²) in [5.41, 5.74) is 0. The van der Waals surface area contributed by atoms with Crippen LogP contribution < -0.4 is 5.32 Å². The number of carbonyl (C=O) groups is 1. The van der Waals surface area contributed by atoms with Crippen LogP contribution >= 0.6 is 0 Å². The molecular formula is C12H22N2O. The number of hydrogen-bond acceptors (Lipinski definition) is 2. The van der Waals surface area contributed by atoms with E-state index >= 15 is 0 Å². The number of nitrogens with one attached hydrogen (secondary N) is 1. The summed E-state index contributed by atoms with van der Waals surface area (Å²) in [6.45, 7) is 9.58. The summed E-state index contributed by atoms with van der Waals surface area (Å²) in [5.74, 6) is 0.283. The highest BCUT2D eigenvalue weighted by atomic mass is 16.2. The lowest BCUT2D eigenvalue weighted by Crippen LogP contribution is -2.46. The zero-order valence-electron chi connectivity index (χ0n) is 9.83. The van der Waals surface area contributed by atoms with Gasteiger partial charge in [-0.05, 0) is 19.8 Å². The Morgan fingerprint density at radius 2 is 2.20 bits per heavy atom. The third-order valence-electron chi connectivity index (χ3n) is 3.00. The van der Waals surface area contributed by atoms with Crippen molar-refractivity contribution in [1.82, 2.24) is 10.2 Å². The second-order valence-corrected chi connectivity index (χ2v) is 4.20. The van der Waals surface area contributed by atoms with Crippen LogP contribution in [0.1, 0.15) is 33.1 Å². The normalized spacial score (nSPS) is 20.0. The highest BCUT2D eigenvalue weighted by Gasteiger charge is 2.21. The number of hydrogen-bond donors (Lipinski definition) is 1. The lowest BCUT2D eigenvalue weighted by atomic mass is 10.0. The van der Waals surface area contributed by atoms with Crippen LogP contribution in [0.3, 0.4) is 0 Å². The van der Waals surface area contributed by atoms with E-state index in [1.165, 1.54) is 0 Å². The van der Waals surface area contributed by atoms with E-state index < -0.39 is 0 Å². The van der Waals surface area contributed by atoms with Crippen molar-refractivity contribution in [3.05, 3.63) is 12.7 Å². The standard InChI is InChI=1S/C12H22N2O/c1-4-10(3)13-11-6-8-14(9-7-11)12(15)5-2/h4,10-11,13H,1,5-9H2,2-3H3. The van der Waals surface area contributed by atoms with Crippen LogP contribution in [-0.2, 0) is 4.79 Å². The molecule has 1 aliphatic heterocycles. The van der Waals surface area contributed by atoms with Gasteiger partial charge in [0.05, 0.1) is 0 Å². The molecule has 0 saturated carbocycles. The van der Waals surface area contributed by atoms with Crippen LogP contribution in [0, 0.1) is 0 Å². The van der Waals surface area contributed by atoms with Gasteiger partial charge in [0.25, 0.3) is 0 Å². The number of carbonyl (C=O) groups excluding carboxylic acids is 1. The number of amides is 1. The van der Waals surface area contributed by atoms with Crippen molar-refractivity contribution >= 4 is 5.91 Å². The molecule has 1 rings (SSSR count). The largest absolute Gasteiger partial charge is 0.343 e. The van der Waals surface area contributed by atoms with Gasteiger partial charge in [-0.3, -0.25) is 4.79 Å². The van der Waals surface area contributed by atoms with Crippen LogP contribution in [-0.4, -0.2) is 36.0 Å². The van der Waals surface area contributed by atoms with Crippen LogP contribution in [0.4, 0.5) is 0 Å². The molecule has 0 bridgehead atoms. The number of piperidine rings is 1. The highest BCUT2D eigenvalue weighted by molar-refractivity contribution is 5.75. The minimum absolute atomic E-state index is 0.283. The molecule has 1 unspecified atom stereocenters. The average molecular weight is 210 g/mol. The van der Waals surface area contributed by atoms with Gasteiger partial charge in [-0.15, -0.1) is 6.58 Å². The SMILES string of the molecule is C=CC(C)NC1CCN(C(=O)CC)CC1. The summed E-state index contributed by atoms with van der Waals surface area (Å²) in [7, 11) is 0. The number of nitrogens with zero attached hydrogens (tertiary/aromatic N) is 1. The molecular weight excluding hydrogens is 188 g/mol. The molecule has 1 heterocycles. The van der Waals surface area contributed by atoms with E-state index in [0.29, 0.717) is 18.5 Å². The summed E-state index contributed by atoms with van der Waals surface area (Å²) in [6, 6.07) is 0.905. The Morgan fingerprint density at radius 3 is 2.67 bits per heavy atom. The van der Waals surface area contributed by atoms with Gasteiger partial charge in [-0.1, -0.05) is 13.0 Å². The lowest BCUT2D eigenvalue weighted by molar-refractivity contribution is -0.131. The van der Waals surface area contributed by atoms with Crippen molar-refractivity contribution in [1.29, 1.82) is 0 Å². The maximum Gasteiger partial charge on any atom is 0.222 e. The van der Waals surface area contributed by atoms with E-state index in [1.807, 2.05) is 17.9 Å². The summed E-state index contributed by atoms with van der Waals surface area (Å²) >= 11 is 0.